The summed E-state index contributed by atoms with van der Waals surface area (Å²) in [4.78, 5) is 16.9. The van der Waals surface area contributed by atoms with Gasteiger partial charge in [0, 0.05) is 18.1 Å². The average molecular weight is 492 g/mol. The first-order valence-electron chi connectivity index (χ1n) is 9.65. The highest BCUT2D eigenvalue weighted by Crippen LogP contribution is 2.36. The van der Waals surface area contributed by atoms with Crippen LogP contribution in [0.15, 0.2) is 51.8 Å². The Labute approximate surface area is 183 Å². The second kappa shape index (κ2) is 8.13. The highest BCUT2D eigenvalue weighted by Gasteiger charge is 2.37. The Kier molecular flexibility index (Phi) is 5.69. The molecule has 0 radical (unpaired) electrons. The summed E-state index contributed by atoms with van der Waals surface area (Å²) >= 11 is 3.29. The van der Waals surface area contributed by atoms with Crippen LogP contribution in [0.1, 0.15) is 41.5 Å². The van der Waals surface area contributed by atoms with E-state index in [4.69, 9.17) is 9.72 Å². The Morgan fingerprint density at radius 3 is 2.70 bits per heavy atom. The molecule has 1 fully saturated rings. The molecule has 2 aromatic carbocycles. The Hall–Kier alpha value is -2.23. The van der Waals surface area contributed by atoms with Crippen molar-refractivity contribution < 1.29 is 17.9 Å². The largest absolute Gasteiger partial charge is 0.465 e. The van der Waals surface area contributed by atoms with Crippen LogP contribution in [0, 0.1) is 0 Å². The summed E-state index contributed by atoms with van der Waals surface area (Å²) in [5, 5.41) is 0. The number of carbonyl (C=O) groups excluding carboxylic acids is 1. The van der Waals surface area contributed by atoms with Crippen molar-refractivity contribution in [2.24, 2.45) is 7.05 Å². The second-order valence-electron chi connectivity index (χ2n) is 7.28. The number of fused-ring (bicyclic) bond motifs is 1. The minimum atomic E-state index is -3.84. The summed E-state index contributed by atoms with van der Waals surface area (Å²) in [6, 6.07) is 11.8. The quantitative estimate of drug-likeness (QED) is 0.514. The standard InChI is InChI=1S/C21H22BrN3O4S/c1-24-18-8-4-3-7-17(18)23-20(24)19-9-5-6-12-25(19)30(27,28)14-10-11-16(22)15(13-14)21(26)29-2/h3-4,7-8,10-11,13,19H,5-6,9,12H2,1-2H3/t19-/m0/s1. The van der Waals surface area contributed by atoms with Gasteiger partial charge in [-0.25, -0.2) is 18.2 Å². The van der Waals surface area contributed by atoms with Gasteiger partial charge in [0.1, 0.15) is 5.82 Å². The molecule has 2 heterocycles. The zero-order chi connectivity index (χ0) is 21.5. The van der Waals surface area contributed by atoms with Crippen LogP contribution in [-0.4, -0.2) is 41.9 Å². The molecule has 1 aliphatic rings. The number of aryl methyl sites for hydroxylation is 1. The number of imidazole rings is 1. The lowest BCUT2D eigenvalue weighted by molar-refractivity contribution is 0.0599. The molecule has 7 nitrogen and oxygen atoms in total. The molecule has 1 atom stereocenters. The number of hydrogen-bond acceptors (Lipinski definition) is 5. The third-order valence-electron chi connectivity index (χ3n) is 5.52. The van der Waals surface area contributed by atoms with E-state index in [9.17, 15) is 13.2 Å². The number of rotatable bonds is 4. The molecule has 0 amide bonds. The zero-order valence-electron chi connectivity index (χ0n) is 16.7. The number of halogens is 1. The fourth-order valence-electron chi connectivity index (χ4n) is 3.98. The molecule has 1 saturated heterocycles. The van der Waals surface area contributed by atoms with Crippen molar-refractivity contribution >= 4 is 43.0 Å². The first-order valence-corrected chi connectivity index (χ1v) is 11.9. The lowest BCUT2D eigenvalue weighted by Crippen LogP contribution is -2.39. The van der Waals surface area contributed by atoms with E-state index in [-0.39, 0.29) is 16.5 Å². The summed E-state index contributed by atoms with van der Waals surface area (Å²) in [7, 11) is -0.661. The third-order valence-corrected chi connectivity index (χ3v) is 8.12. The summed E-state index contributed by atoms with van der Waals surface area (Å²) in [6.07, 6.45) is 2.39. The molecular weight excluding hydrogens is 470 g/mol. The van der Waals surface area contributed by atoms with Gasteiger partial charge < -0.3 is 9.30 Å². The molecule has 0 bridgehead atoms. The molecule has 1 aliphatic heterocycles. The van der Waals surface area contributed by atoms with Gasteiger partial charge in [0.15, 0.2) is 0 Å². The van der Waals surface area contributed by atoms with Gasteiger partial charge >= 0.3 is 5.97 Å². The van der Waals surface area contributed by atoms with Crippen LogP contribution in [0.25, 0.3) is 11.0 Å². The van der Waals surface area contributed by atoms with Gasteiger partial charge in [0.2, 0.25) is 10.0 Å². The molecule has 0 spiro atoms. The highest BCUT2D eigenvalue weighted by molar-refractivity contribution is 9.10. The summed E-state index contributed by atoms with van der Waals surface area (Å²) in [5.41, 5.74) is 1.98. The Morgan fingerprint density at radius 1 is 1.20 bits per heavy atom. The van der Waals surface area contributed by atoms with Gasteiger partial charge in [-0.15, -0.1) is 0 Å². The fraction of sp³-hybridized carbons (Fsp3) is 0.333. The van der Waals surface area contributed by atoms with Crippen LogP contribution in [0.4, 0.5) is 0 Å². The Morgan fingerprint density at radius 2 is 1.97 bits per heavy atom. The van der Waals surface area contributed by atoms with Gasteiger partial charge in [-0.2, -0.15) is 4.31 Å². The Bertz CT molecular complexity index is 1220. The van der Waals surface area contributed by atoms with Crippen LogP contribution in [0.3, 0.4) is 0 Å². The van der Waals surface area contributed by atoms with Crippen LogP contribution in [0.5, 0.6) is 0 Å². The topological polar surface area (TPSA) is 81.5 Å². The number of ether oxygens (including phenoxy) is 1. The predicted molar refractivity (Wildman–Crippen MR) is 117 cm³/mol. The number of aromatic nitrogens is 2. The number of methoxy groups -OCH3 is 1. The number of piperidine rings is 1. The molecule has 1 aromatic heterocycles. The van der Waals surface area contributed by atoms with Gasteiger partial charge in [-0.1, -0.05) is 18.6 Å². The SMILES string of the molecule is COC(=O)c1cc(S(=O)(=O)N2CCCC[C@H]2c2nc3ccccc3n2C)ccc1Br. The van der Waals surface area contributed by atoms with Crippen LogP contribution in [-0.2, 0) is 21.8 Å². The monoisotopic (exact) mass is 491 g/mol. The molecule has 0 saturated carbocycles. The van der Waals surface area contributed by atoms with Gasteiger partial charge in [0.05, 0.1) is 34.6 Å². The zero-order valence-corrected chi connectivity index (χ0v) is 19.1. The minimum Gasteiger partial charge on any atom is -0.465 e. The summed E-state index contributed by atoms with van der Waals surface area (Å²) in [5.74, 6) is 0.134. The normalized spacial score (nSPS) is 17.9. The summed E-state index contributed by atoms with van der Waals surface area (Å²) in [6.45, 7) is 0.403. The molecule has 0 aliphatic carbocycles. The molecule has 9 heteroatoms. The minimum absolute atomic E-state index is 0.0664. The van der Waals surface area contributed by atoms with Crippen molar-refractivity contribution in [1.82, 2.24) is 13.9 Å². The van der Waals surface area contributed by atoms with Gasteiger partial charge in [0.25, 0.3) is 0 Å². The predicted octanol–water partition coefficient (Wildman–Crippen LogP) is 4.04. The maximum atomic E-state index is 13.6. The van der Waals surface area contributed by atoms with Gasteiger partial charge in [-0.05, 0) is 59.1 Å². The molecule has 0 N–H and O–H groups in total. The van der Waals surface area contributed by atoms with E-state index < -0.39 is 16.0 Å². The molecule has 0 unspecified atom stereocenters. The summed E-state index contributed by atoms with van der Waals surface area (Å²) < 4.78 is 35.9. The Balaban J connectivity index is 1.79. The van der Waals surface area contributed by atoms with E-state index in [1.54, 1.807) is 6.07 Å². The van der Waals surface area contributed by atoms with Crippen LogP contribution >= 0.6 is 15.9 Å². The number of benzene rings is 2. The van der Waals surface area contributed by atoms with Crippen molar-refractivity contribution in [3.8, 4) is 0 Å². The number of para-hydroxylation sites is 2. The first kappa shape index (κ1) is 21.0. The fourth-order valence-corrected chi connectivity index (χ4v) is 6.07. The van der Waals surface area contributed by atoms with E-state index in [2.05, 4.69) is 15.9 Å². The average Bonchev–Trinajstić information content (AvgIpc) is 3.10. The highest BCUT2D eigenvalue weighted by atomic mass is 79.9. The molecule has 4 rings (SSSR count). The van der Waals surface area contributed by atoms with Crippen LogP contribution < -0.4 is 0 Å². The number of esters is 1. The van der Waals surface area contributed by atoms with Crippen molar-refractivity contribution in [2.45, 2.75) is 30.2 Å². The number of sulfonamides is 1. The van der Waals surface area contributed by atoms with E-state index in [1.807, 2.05) is 35.9 Å². The maximum absolute atomic E-state index is 13.6. The number of hydrogen-bond donors (Lipinski definition) is 0. The van der Waals surface area contributed by atoms with E-state index in [0.717, 1.165) is 29.7 Å². The van der Waals surface area contributed by atoms with Crippen molar-refractivity contribution in [1.29, 1.82) is 0 Å². The van der Waals surface area contributed by atoms with E-state index in [1.165, 1.54) is 23.5 Å². The van der Waals surface area contributed by atoms with Gasteiger partial charge in [-0.3, -0.25) is 0 Å². The first-order chi connectivity index (χ1) is 14.3. The van der Waals surface area contributed by atoms with Crippen molar-refractivity contribution in [3.05, 3.63) is 58.3 Å². The molecule has 30 heavy (non-hydrogen) atoms. The van der Waals surface area contributed by atoms with E-state index in [0.29, 0.717) is 17.4 Å². The lowest BCUT2D eigenvalue weighted by Gasteiger charge is -2.34. The van der Waals surface area contributed by atoms with Crippen molar-refractivity contribution in [3.63, 3.8) is 0 Å². The van der Waals surface area contributed by atoms with E-state index >= 15 is 0 Å². The smallest absolute Gasteiger partial charge is 0.339 e. The molecular formula is C21H22BrN3O4S. The lowest BCUT2D eigenvalue weighted by atomic mass is 10.0. The third kappa shape index (κ3) is 3.55. The maximum Gasteiger partial charge on any atom is 0.339 e. The van der Waals surface area contributed by atoms with Crippen molar-refractivity contribution in [2.75, 3.05) is 13.7 Å². The number of carbonyl (C=O) groups is 1. The molecule has 3 aromatic rings. The number of nitrogens with zero attached hydrogens (tertiary/aromatic N) is 3. The molecule has 158 valence electrons. The van der Waals surface area contributed by atoms with Crippen LogP contribution in [0.2, 0.25) is 0 Å². The second-order valence-corrected chi connectivity index (χ2v) is 10.0.